The quantitative estimate of drug-likeness (QED) is 0.328. The van der Waals surface area contributed by atoms with E-state index in [1.165, 1.54) is 0 Å². The van der Waals surface area contributed by atoms with Gasteiger partial charge in [0.15, 0.2) is 5.84 Å². The van der Waals surface area contributed by atoms with Gasteiger partial charge in [-0.15, -0.1) is 0 Å². The van der Waals surface area contributed by atoms with Crippen LogP contribution in [-0.4, -0.2) is 58.9 Å². The fourth-order valence-corrected chi connectivity index (χ4v) is 2.74. The summed E-state index contributed by atoms with van der Waals surface area (Å²) in [6.45, 7) is -0.467. The third-order valence-corrected chi connectivity index (χ3v) is 3.94. The molecule has 0 saturated heterocycles. The number of hydrogen-bond donors (Lipinski definition) is 4. The summed E-state index contributed by atoms with van der Waals surface area (Å²) in [6.07, 6.45) is -3.03. The van der Waals surface area contributed by atoms with E-state index in [1.807, 2.05) is 0 Å². The second-order valence-corrected chi connectivity index (χ2v) is 6.18. The second kappa shape index (κ2) is 8.49. The van der Waals surface area contributed by atoms with Gasteiger partial charge in [-0.1, -0.05) is 0 Å². The standard InChI is InChI=1S/C17H20F3N7O2/c18-17(19,20)8-24-15(25-9-21)12-7-27-3-4-29-13-5-10(23-6-14(22)28)1-2-11(13)16(27)26-12/h1-2,5,7,9,14,23,28H,3-4,6,8,22H2,(H2,21,24,25). The Balaban J connectivity index is 1.95. The number of fused-ring (bicyclic) bond motifs is 3. The molecular weight excluding hydrogens is 391 g/mol. The lowest BCUT2D eigenvalue weighted by atomic mass is 10.1. The average molecular weight is 411 g/mol. The van der Waals surface area contributed by atoms with Crippen LogP contribution >= 0.6 is 0 Å². The molecule has 0 spiro atoms. The molecule has 3 rings (SSSR count). The first-order valence-electron chi connectivity index (χ1n) is 8.64. The van der Waals surface area contributed by atoms with Crippen molar-refractivity contribution < 1.29 is 23.0 Å². The number of aliphatic imine (C=N–C) groups is 2. The SMILES string of the molecule is NC=NC(=NCC(F)(F)F)c1cn2c(n1)-c1ccc(NCC(N)O)cc1OCC2. The summed E-state index contributed by atoms with van der Waals surface area (Å²) in [6, 6.07) is 5.25. The van der Waals surface area contributed by atoms with Crippen LogP contribution in [0.1, 0.15) is 5.69 Å². The van der Waals surface area contributed by atoms with Gasteiger partial charge in [0.25, 0.3) is 0 Å². The summed E-state index contributed by atoms with van der Waals surface area (Å²) in [5.74, 6) is 0.835. The largest absolute Gasteiger partial charge is 0.491 e. The zero-order valence-electron chi connectivity index (χ0n) is 15.2. The Bertz CT molecular complexity index is 922. The first kappa shape index (κ1) is 20.6. The molecule has 156 valence electrons. The Morgan fingerprint density at radius 1 is 1.45 bits per heavy atom. The molecule has 0 amide bonds. The van der Waals surface area contributed by atoms with Crippen molar-refractivity contribution in [3.8, 4) is 17.1 Å². The van der Waals surface area contributed by atoms with Crippen molar-refractivity contribution in [1.29, 1.82) is 0 Å². The van der Waals surface area contributed by atoms with Crippen LogP contribution in [0.25, 0.3) is 11.4 Å². The molecular formula is C17H20F3N7O2. The number of ether oxygens (including phenoxy) is 1. The maximum atomic E-state index is 12.5. The molecule has 1 unspecified atom stereocenters. The molecule has 1 aromatic carbocycles. The number of aromatic nitrogens is 2. The minimum Gasteiger partial charge on any atom is -0.491 e. The van der Waals surface area contributed by atoms with Gasteiger partial charge in [-0.2, -0.15) is 13.2 Å². The van der Waals surface area contributed by atoms with Crippen LogP contribution in [0.2, 0.25) is 0 Å². The third-order valence-electron chi connectivity index (χ3n) is 3.94. The molecule has 1 aliphatic heterocycles. The molecule has 12 heteroatoms. The fraction of sp³-hybridized carbons (Fsp3) is 0.353. The van der Waals surface area contributed by atoms with E-state index >= 15 is 0 Å². The van der Waals surface area contributed by atoms with Gasteiger partial charge in [0.1, 0.15) is 36.6 Å². The molecule has 0 fully saturated rings. The highest BCUT2D eigenvalue weighted by Crippen LogP contribution is 2.34. The van der Waals surface area contributed by atoms with E-state index in [2.05, 4.69) is 20.3 Å². The summed E-state index contributed by atoms with van der Waals surface area (Å²) in [5, 5.41) is 12.2. The van der Waals surface area contributed by atoms with Crippen molar-refractivity contribution in [1.82, 2.24) is 9.55 Å². The zero-order chi connectivity index (χ0) is 21.0. The summed E-state index contributed by atoms with van der Waals surface area (Å²) in [7, 11) is 0. The van der Waals surface area contributed by atoms with Gasteiger partial charge in [0, 0.05) is 18.0 Å². The van der Waals surface area contributed by atoms with E-state index in [4.69, 9.17) is 16.2 Å². The van der Waals surface area contributed by atoms with E-state index in [9.17, 15) is 18.3 Å². The molecule has 1 aromatic heterocycles. The number of halogens is 3. The van der Waals surface area contributed by atoms with Gasteiger partial charge in [-0.3, -0.25) is 4.99 Å². The number of benzene rings is 1. The molecule has 1 aliphatic rings. The van der Waals surface area contributed by atoms with Gasteiger partial charge < -0.3 is 31.2 Å². The van der Waals surface area contributed by atoms with Crippen LogP contribution in [0.15, 0.2) is 34.4 Å². The topological polar surface area (TPSA) is 136 Å². The summed E-state index contributed by atoms with van der Waals surface area (Å²) >= 11 is 0. The van der Waals surface area contributed by atoms with Gasteiger partial charge in [0.05, 0.1) is 25.0 Å². The maximum Gasteiger partial charge on any atom is 0.408 e. The van der Waals surface area contributed by atoms with Gasteiger partial charge >= 0.3 is 6.18 Å². The van der Waals surface area contributed by atoms with Crippen LogP contribution in [0, 0.1) is 0 Å². The Morgan fingerprint density at radius 2 is 2.24 bits per heavy atom. The predicted octanol–water partition coefficient (Wildman–Crippen LogP) is 0.927. The van der Waals surface area contributed by atoms with Crippen molar-refractivity contribution >= 4 is 17.9 Å². The first-order valence-corrected chi connectivity index (χ1v) is 8.64. The molecule has 6 N–H and O–H groups in total. The fourth-order valence-electron chi connectivity index (χ4n) is 2.74. The van der Waals surface area contributed by atoms with Crippen molar-refractivity contribution in [2.75, 3.05) is 25.0 Å². The smallest absolute Gasteiger partial charge is 0.408 e. The number of aliphatic hydroxyl groups is 1. The van der Waals surface area contributed by atoms with Crippen molar-refractivity contribution in [2.45, 2.75) is 18.9 Å². The predicted molar refractivity (Wildman–Crippen MR) is 102 cm³/mol. The Kier molecular flexibility index (Phi) is 6.03. The molecule has 2 aromatic rings. The van der Waals surface area contributed by atoms with Gasteiger partial charge in [0.2, 0.25) is 0 Å². The van der Waals surface area contributed by atoms with E-state index < -0.39 is 18.9 Å². The number of anilines is 1. The van der Waals surface area contributed by atoms with Gasteiger partial charge in [-0.05, 0) is 12.1 Å². The molecule has 0 aliphatic carbocycles. The average Bonchev–Trinajstić information content (AvgIpc) is 2.99. The number of imidazole rings is 1. The Labute approximate surface area is 163 Å². The number of alkyl halides is 3. The van der Waals surface area contributed by atoms with Crippen molar-refractivity contribution in [3.05, 3.63) is 30.1 Å². The Hall–Kier alpha value is -3.12. The summed E-state index contributed by atoms with van der Waals surface area (Å²) in [4.78, 5) is 11.6. The van der Waals surface area contributed by atoms with Gasteiger partial charge in [-0.25, -0.2) is 9.98 Å². The number of amidine groups is 1. The lowest BCUT2D eigenvalue weighted by molar-refractivity contribution is -0.118. The van der Waals surface area contributed by atoms with Crippen LogP contribution in [0.4, 0.5) is 18.9 Å². The number of aliphatic hydroxyl groups excluding tert-OH is 1. The minimum absolute atomic E-state index is 0.160. The van der Waals surface area contributed by atoms with E-state index in [0.29, 0.717) is 36.0 Å². The number of nitrogens with zero attached hydrogens (tertiary/aromatic N) is 4. The summed E-state index contributed by atoms with van der Waals surface area (Å²) < 4.78 is 45.1. The molecule has 1 atom stereocenters. The first-order chi connectivity index (χ1) is 13.8. The number of rotatable bonds is 5. The third kappa shape index (κ3) is 5.23. The number of nitrogens with two attached hydrogens (primary N) is 2. The van der Waals surface area contributed by atoms with Crippen LogP contribution < -0.4 is 21.5 Å². The maximum absolute atomic E-state index is 12.5. The zero-order valence-corrected chi connectivity index (χ0v) is 15.2. The highest BCUT2D eigenvalue weighted by atomic mass is 19.4. The molecule has 0 radical (unpaired) electrons. The monoisotopic (exact) mass is 411 g/mol. The highest BCUT2D eigenvalue weighted by Gasteiger charge is 2.27. The molecule has 9 nitrogen and oxygen atoms in total. The number of hydrogen-bond acceptors (Lipinski definition) is 6. The molecule has 0 saturated carbocycles. The van der Waals surface area contributed by atoms with E-state index in [1.54, 1.807) is 29.0 Å². The molecule has 29 heavy (non-hydrogen) atoms. The molecule has 2 heterocycles. The van der Waals surface area contributed by atoms with Crippen LogP contribution in [0.5, 0.6) is 5.75 Å². The minimum atomic E-state index is -4.47. The number of nitrogens with one attached hydrogen (secondary N) is 1. The van der Waals surface area contributed by atoms with Crippen molar-refractivity contribution in [3.63, 3.8) is 0 Å². The normalized spacial score (nSPS) is 15.4. The highest BCUT2D eigenvalue weighted by molar-refractivity contribution is 6.01. The summed E-state index contributed by atoms with van der Waals surface area (Å²) in [5.41, 5.74) is 12.1. The Morgan fingerprint density at radius 3 is 2.93 bits per heavy atom. The lowest BCUT2D eigenvalue weighted by Gasteiger charge is -2.12. The van der Waals surface area contributed by atoms with E-state index in [-0.39, 0.29) is 18.1 Å². The second-order valence-electron chi connectivity index (χ2n) is 6.18. The van der Waals surface area contributed by atoms with Crippen LogP contribution in [0.3, 0.4) is 0 Å². The van der Waals surface area contributed by atoms with E-state index in [0.717, 1.165) is 6.34 Å². The molecule has 0 bridgehead atoms. The van der Waals surface area contributed by atoms with Crippen LogP contribution in [-0.2, 0) is 6.54 Å². The van der Waals surface area contributed by atoms with Crippen molar-refractivity contribution in [2.24, 2.45) is 21.5 Å². The lowest BCUT2D eigenvalue weighted by Crippen LogP contribution is -2.28.